The summed E-state index contributed by atoms with van der Waals surface area (Å²) in [4.78, 5) is 3.71. The largest absolute Gasteiger partial charge is 0.493 e. The van der Waals surface area contributed by atoms with Crippen molar-refractivity contribution in [2.75, 3.05) is 6.61 Å². The second-order valence-electron chi connectivity index (χ2n) is 3.62. The number of benzene rings is 1. The zero-order chi connectivity index (χ0) is 10.2. The first-order valence-corrected chi connectivity index (χ1v) is 5.26. The summed E-state index contributed by atoms with van der Waals surface area (Å²) in [5.74, 6) is 0.845. The van der Waals surface area contributed by atoms with Gasteiger partial charge in [0, 0.05) is 11.4 Å². The van der Waals surface area contributed by atoms with Crippen LogP contribution in [0.5, 0.6) is 5.75 Å². The van der Waals surface area contributed by atoms with E-state index in [1.165, 1.54) is 0 Å². The molecule has 0 bridgehead atoms. The molecule has 2 rings (SSSR count). The van der Waals surface area contributed by atoms with Crippen LogP contribution in [0.25, 0.3) is 4.85 Å². The molecule has 0 spiro atoms. The minimum absolute atomic E-state index is 0.419. The van der Waals surface area contributed by atoms with Crippen LogP contribution in [-0.2, 0) is 5.54 Å². The Morgan fingerprint density at radius 2 is 2.36 bits per heavy atom. The number of fused-ring (bicyclic) bond motifs is 1. The van der Waals surface area contributed by atoms with Gasteiger partial charge in [0.05, 0.1) is 18.6 Å². The van der Waals surface area contributed by atoms with E-state index in [9.17, 15) is 0 Å². The van der Waals surface area contributed by atoms with Gasteiger partial charge in [-0.15, -0.1) is 0 Å². The van der Waals surface area contributed by atoms with Crippen LogP contribution in [0, 0.1) is 6.57 Å². The minimum atomic E-state index is -0.419. The Balaban J connectivity index is 2.59. The first-order chi connectivity index (χ1) is 6.65. The Bertz CT molecular complexity index is 410. The van der Waals surface area contributed by atoms with Crippen molar-refractivity contribution in [1.82, 2.24) is 0 Å². The highest BCUT2D eigenvalue weighted by atomic mass is 79.9. The molecule has 0 amide bonds. The summed E-state index contributed by atoms with van der Waals surface area (Å²) in [5, 5.41) is 0. The van der Waals surface area contributed by atoms with Gasteiger partial charge in [0.1, 0.15) is 5.75 Å². The lowest BCUT2D eigenvalue weighted by Gasteiger charge is -2.25. The predicted octanol–water partition coefficient (Wildman–Crippen LogP) is 3.37. The second-order valence-corrected chi connectivity index (χ2v) is 4.54. The Labute approximate surface area is 91.8 Å². The van der Waals surface area contributed by atoms with Crippen molar-refractivity contribution in [2.24, 2.45) is 0 Å². The molecule has 0 saturated carbocycles. The maximum Gasteiger partial charge on any atom is 0.261 e. The van der Waals surface area contributed by atoms with E-state index in [2.05, 4.69) is 20.8 Å². The normalized spacial score (nSPS) is 24.6. The quantitative estimate of drug-likeness (QED) is 0.645. The topological polar surface area (TPSA) is 13.6 Å². The van der Waals surface area contributed by atoms with E-state index in [1.807, 2.05) is 25.1 Å². The Morgan fingerprint density at radius 3 is 3.07 bits per heavy atom. The summed E-state index contributed by atoms with van der Waals surface area (Å²) < 4.78 is 6.51. The van der Waals surface area contributed by atoms with Crippen LogP contribution in [0.1, 0.15) is 18.9 Å². The van der Waals surface area contributed by atoms with Crippen LogP contribution in [0.2, 0.25) is 0 Å². The van der Waals surface area contributed by atoms with E-state index in [-0.39, 0.29) is 0 Å². The van der Waals surface area contributed by atoms with Gasteiger partial charge in [-0.25, -0.2) is 6.57 Å². The fraction of sp³-hybridized carbons (Fsp3) is 0.364. The van der Waals surface area contributed by atoms with Crippen LogP contribution in [0.3, 0.4) is 0 Å². The number of rotatable bonds is 0. The third-order valence-electron chi connectivity index (χ3n) is 2.62. The van der Waals surface area contributed by atoms with Crippen LogP contribution in [0.15, 0.2) is 22.7 Å². The van der Waals surface area contributed by atoms with Crippen molar-refractivity contribution in [3.8, 4) is 5.75 Å². The molecule has 0 aliphatic carbocycles. The molecule has 2 nitrogen and oxygen atoms in total. The lowest BCUT2D eigenvalue weighted by molar-refractivity contribution is 0.246. The molecule has 1 aromatic rings. The Kier molecular flexibility index (Phi) is 2.24. The van der Waals surface area contributed by atoms with E-state index >= 15 is 0 Å². The molecule has 1 atom stereocenters. The van der Waals surface area contributed by atoms with E-state index in [0.717, 1.165) is 22.2 Å². The highest BCUT2D eigenvalue weighted by Crippen LogP contribution is 2.40. The fourth-order valence-corrected chi connectivity index (χ4v) is 2.02. The average molecular weight is 252 g/mol. The number of hydrogen-bond donors (Lipinski definition) is 0. The van der Waals surface area contributed by atoms with Crippen molar-refractivity contribution in [3.63, 3.8) is 0 Å². The molecule has 1 aliphatic rings. The van der Waals surface area contributed by atoms with Crippen molar-refractivity contribution < 1.29 is 4.74 Å². The summed E-state index contributed by atoms with van der Waals surface area (Å²) in [6.45, 7) is 9.85. The highest BCUT2D eigenvalue weighted by Gasteiger charge is 2.39. The third kappa shape index (κ3) is 1.40. The standard InChI is InChI=1S/C11H10BrNO/c1-11(13-2)5-6-14-10-4-3-8(12)7-9(10)11/h3-4,7H,5-6H2,1H3. The Hall–Kier alpha value is -1.01. The average Bonchev–Trinajstić information content (AvgIpc) is 2.20. The van der Waals surface area contributed by atoms with Gasteiger partial charge >= 0.3 is 0 Å². The molecule has 72 valence electrons. The molecular formula is C11H10BrNO. The smallest absolute Gasteiger partial charge is 0.261 e. The van der Waals surface area contributed by atoms with Gasteiger partial charge in [-0.3, -0.25) is 0 Å². The van der Waals surface area contributed by atoms with Gasteiger partial charge in [0.15, 0.2) is 0 Å². The monoisotopic (exact) mass is 251 g/mol. The summed E-state index contributed by atoms with van der Waals surface area (Å²) in [7, 11) is 0. The fourth-order valence-electron chi connectivity index (χ4n) is 1.66. The molecule has 0 fully saturated rings. The van der Waals surface area contributed by atoms with Gasteiger partial charge in [-0.05, 0) is 18.2 Å². The van der Waals surface area contributed by atoms with Gasteiger partial charge in [-0.1, -0.05) is 15.9 Å². The number of halogens is 1. The summed E-state index contributed by atoms with van der Waals surface area (Å²) in [6.07, 6.45) is 0.764. The molecule has 0 radical (unpaired) electrons. The van der Waals surface area contributed by atoms with E-state index < -0.39 is 5.54 Å². The molecule has 1 aromatic carbocycles. The van der Waals surface area contributed by atoms with Crippen LogP contribution >= 0.6 is 15.9 Å². The zero-order valence-corrected chi connectivity index (χ0v) is 9.47. The number of ether oxygens (including phenoxy) is 1. The molecule has 1 unspecified atom stereocenters. The molecule has 3 heteroatoms. The lowest BCUT2D eigenvalue weighted by Crippen LogP contribution is -2.26. The third-order valence-corrected chi connectivity index (χ3v) is 3.11. The van der Waals surface area contributed by atoms with E-state index in [0.29, 0.717) is 6.61 Å². The minimum Gasteiger partial charge on any atom is -0.493 e. The molecule has 0 saturated heterocycles. The maximum atomic E-state index is 7.25. The summed E-state index contributed by atoms with van der Waals surface area (Å²) in [6, 6.07) is 5.84. The molecule has 0 N–H and O–H groups in total. The van der Waals surface area contributed by atoms with E-state index in [4.69, 9.17) is 11.3 Å². The van der Waals surface area contributed by atoms with Crippen molar-refractivity contribution >= 4 is 15.9 Å². The molecule has 14 heavy (non-hydrogen) atoms. The van der Waals surface area contributed by atoms with Crippen molar-refractivity contribution in [2.45, 2.75) is 18.9 Å². The Morgan fingerprint density at radius 1 is 1.57 bits per heavy atom. The van der Waals surface area contributed by atoms with Crippen molar-refractivity contribution in [1.29, 1.82) is 0 Å². The number of nitrogens with zero attached hydrogens (tertiary/aromatic N) is 1. The summed E-state index contributed by atoms with van der Waals surface area (Å²) >= 11 is 3.41. The first-order valence-electron chi connectivity index (χ1n) is 4.47. The SMILES string of the molecule is [C-]#[N+]C1(C)CCOc2ccc(Br)cc21. The predicted molar refractivity (Wildman–Crippen MR) is 58.2 cm³/mol. The van der Waals surface area contributed by atoms with Gasteiger partial charge in [0.2, 0.25) is 0 Å². The lowest BCUT2D eigenvalue weighted by atomic mass is 9.87. The highest BCUT2D eigenvalue weighted by molar-refractivity contribution is 9.10. The molecular weight excluding hydrogens is 242 g/mol. The van der Waals surface area contributed by atoms with Gasteiger partial charge in [0.25, 0.3) is 5.54 Å². The van der Waals surface area contributed by atoms with E-state index in [1.54, 1.807) is 0 Å². The second kappa shape index (κ2) is 3.29. The van der Waals surface area contributed by atoms with Crippen molar-refractivity contribution in [3.05, 3.63) is 39.7 Å². The zero-order valence-electron chi connectivity index (χ0n) is 7.88. The number of hydrogen-bond acceptors (Lipinski definition) is 1. The maximum absolute atomic E-state index is 7.25. The molecule has 1 aliphatic heterocycles. The molecule has 1 heterocycles. The molecule has 0 aromatic heterocycles. The van der Waals surface area contributed by atoms with Gasteiger partial charge in [-0.2, -0.15) is 0 Å². The first kappa shape index (κ1) is 9.54. The van der Waals surface area contributed by atoms with Crippen LogP contribution in [-0.4, -0.2) is 6.61 Å². The summed E-state index contributed by atoms with van der Waals surface area (Å²) in [5.41, 5.74) is 0.574. The van der Waals surface area contributed by atoms with Crippen LogP contribution < -0.4 is 4.74 Å². The van der Waals surface area contributed by atoms with Gasteiger partial charge < -0.3 is 9.58 Å². The van der Waals surface area contributed by atoms with Crippen LogP contribution in [0.4, 0.5) is 0 Å².